The summed E-state index contributed by atoms with van der Waals surface area (Å²) >= 11 is 0. The quantitative estimate of drug-likeness (QED) is 0.892. The van der Waals surface area contributed by atoms with Gasteiger partial charge in [-0.25, -0.2) is 9.97 Å². The van der Waals surface area contributed by atoms with Gasteiger partial charge in [-0.05, 0) is 25.7 Å². The van der Waals surface area contributed by atoms with Crippen LogP contribution in [0.25, 0.3) is 0 Å². The van der Waals surface area contributed by atoms with Crippen molar-refractivity contribution >= 4 is 11.7 Å². The Labute approximate surface area is 143 Å². The first-order valence-corrected chi connectivity index (χ1v) is 8.47. The molecule has 2 saturated heterocycles. The first kappa shape index (κ1) is 17.9. The Morgan fingerprint density at radius 3 is 2.68 bits per heavy atom. The number of halogens is 3. The minimum Gasteiger partial charge on any atom is -0.376 e. The summed E-state index contributed by atoms with van der Waals surface area (Å²) < 4.78 is 43.7. The Bertz CT molecular complexity index is 597. The van der Waals surface area contributed by atoms with E-state index in [-0.39, 0.29) is 23.7 Å². The second kappa shape index (κ2) is 7.55. The topological polar surface area (TPSA) is 67.3 Å². The van der Waals surface area contributed by atoms with Gasteiger partial charge in [0.15, 0.2) is 0 Å². The van der Waals surface area contributed by atoms with Gasteiger partial charge in [-0.3, -0.25) is 4.79 Å². The van der Waals surface area contributed by atoms with Gasteiger partial charge in [0, 0.05) is 38.2 Å². The molecule has 1 aromatic rings. The summed E-state index contributed by atoms with van der Waals surface area (Å²) in [6.45, 7) is 2.26. The number of amides is 1. The number of nitrogens with one attached hydrogen (secondary N) is 1. The number of carbonyl (C=O) groups is 1. The first-order valence-electron chi connectivity index (χ1n) is 8.47. The predicted molar refractivity (Wildman–Crippen MR) is 84.0 cm³/mol. The SMILES string of the molecule is O=C(NC[C@H]1CCCO1)C1CCN(c2cc(C(F)(F)F)ncn2)CC1. The Hall–Kier alpha value is -1.90. The molecule has 0 spiro atoms. The van der Waals surface area contributed by atoms with Crippen molar-refractivity contribution < 1.29 is 22.7 Å². The molecular formula is C16H21F3N4O2. The highest BCUT2D eigenvalue weighted by Crippen LogP contribution is 2.30. The molecule has 1 N–H and O–H groups in total. The number of alkyl halides is 3. The molecular weight excluding hydrogens is 337 g/mol. The van der Waals surface area contributed by atoms with Crippen LogP contribution in [0.1, 0.15) is 31.4 Å². The van der Waals surface area contributed by atoms with Crippen molar-refractivity contribution in [2.45, 2.75) is 38.0 Å². The summed E-state index contributed by atoms with van der Waals surface area (Å²) in [6.07, 6.45) is -0.292. The zero-order chi connectivity index (χ0) is 17.9. The third-order valence-electron chi connectivity index (χ3n) is 4.66. The van der Waals surface area contributed by atoms with Gasteiger partial charge >= 0.3 is 6.18 Å². The van der Waals surface area contributed by atoms with Crippen LogP contribution in [0, 0.1) is 5.92 Å². The van der Waals surface area contributed by atoms with Crippen molar-refractivity contribution in [3.05, 3.63) is 18.1 Å². The molecule has 1 amide bonds. The number of carbonyl (C=O) groups excluding carboxylic acids is 1. The number of piperidine rings is 1. The van der Waals surface area contributed by atoms with Crippen molar-refractivity contribution in [3.63, 3.8) is 0 Å². The van der Waals surface area contributed by atoms with Crippen LogP contribution in [-0.2, 0) is 15.7 Å². The molecule has 2 aliphatic rings. The molecule has 25 heavy (non-hydrogen) atoms. The van der Waals surface area contributed by atoms with Gasteiger partial charge in [-0.1, -0.05) is 0 Å². The molecule has 0 saturated carbocycles. The molecule has 6 nitrogen and oxygen atoms in total. The van der Waals surface area contributed by atoms with E-state index in [9.17, 15) is 18.0 Å². The zero-order valence-corrected chi connectivity index (χ0v) is 13.8. The van der Waals surface area contributed by atoms with Crippen LogP contribution in [0.5, 0.6) is 0 Å². The molecule has 3 rings (SSSR count). The minimum absolute atomic E-state index is 0.00572. The van der Waals surface area contributed by atoms with Crippen molar-refractivity contribution in [2.24, 2.45) is 5.92 Å². The van der Waals surface area contributed by atoms with Crippen LogP contribution in [0.2, 0.25) is 0 Å². The fourth-order valence-corrected chi connectivity index (χ4v) is 3.21. The van der Waals surface area contributed by atoms with Gasteiger partial charge in [0.25, 0.3) is 0 Å². The van der Waals surface area contributed by atoms with E-state index in [0.29, 0.717) is 32.5 Å². The van der Waals surface area contributed by atoms with E-state index in [0.717, 1.165) is 31.8 Å². The van der Waals surface area contributed by atoms with E-state index in [1.165, 1.54) is 0 Å². The van der Waals surface area contributed by atoms with E-state index >= 15 is 0 Å². The van der Waals surface area contributed by atoms with Gasteiger partial charge in [-0.15, -0.1) is 0 Å². The number of nitrogens with zero attached hydrogens (tertiary/aromatic N) is 3. The van der Waals surface area contributed by atoms with Crippen LogP contribution >= 0.6 is 0 Å². The maximum Gasteiger partial charge on any atom is 0.433 e. The standard InChI is InChI=1S/C16H21F3N4O2/c17-16(18,19)13-8-14(22-10-21-13)23-5-3-11(4-6-23)15(24)20-9-12-2-1-7-25-12/h8,10-12H,1-7,9H2,(H,20,24)/t12-/m1/s1. The van der Waals surface area contributed by atoms with Crippen LogP contribution in [-0.4, -0.2) is 48.2 Å². The van der Waals surface area contributed by atoms with E-state index in [1.54, 1.807) is 4.90 Å². The highest BCUT2D eigenvalue weighted by Gasteiger charge is 2.34. The number of rotatable bonds is 4. The summed E-state index contributed by atoms with van der Waals surface area (Å²) in [5.74, 6) is 0.121. The fraction of sp³-hybridized carbons (Fsp3) is 0.688. The van der Waals surface area contributed by atoms with Gasteiger partial charge < -0.3 is 15.0 Å². The Kier molecular flexibility index (Phi) is 5.41. The summed E-state index contributed by atoms with van der Waals surface area (Å²) in [7, 11) is 0. The number of aromatic nitrogens is 2. The lowest BCUT2D eigenvalue weighted by Crippen LogP contribution is -2.42. The number of anilines is 1. The maximum absolute atomic E-state index is 12.7. The number of hydrogen-bond donors (Lipinski definition) is 1. The van der Waals surface area contributed by atoms with Crippen LogP contribution in [0.3, 0.4) is 0 Å². The molecule has 138 valence electrons. The summed E-state index contributed by atoms with van der Waals surface area (Å²) in [4.78, 5) is 21.2. The lowest BCUT2D eigenvalue weighted by Gasteiger charge is -2.32. The van der Waals surface area contributed by atoms with Crippen molar-refractivity contribution in [2.75, 3.05) is 31.1 Å². The summed E-state index contributed by atoms with van der Waals surface area (Å²) in [5, 5.41) is 2.92. The van der Waals surface area contributed by atoms with E-state index < -0.39 is 11.9 Å². The maximum atomic E-state index is 12.7. The van der Waals surface area contributed by atoms with Crippen LogP contribution in [0.4, 0.5) is 19.0 Å². The summed E-state index contributed by atoms with van der Waals surface area (Å²) in [6, 6.07) is 0.956. The van der Waals surface area contributed by atoms with E-state index in [4.69, 9.17) is 4.74 Å². The molecule has 0 bridgehead atoms. The third-order valence-corrected chi connectivity index (χ3v) is 4.66. The van der Waals surface area contributed by atoms with Crippen molar-refractivity contribution in [1.29, 1.82) is 0 Å². The molecule has 3 heterocycles. The highest BCUT2D eigenvalue weighted by atomic mass is 19.4. The largest absolute Gasteiger partial charge is 0.433 e. The Balaban J connectivity index is 1.50. The molecule has 0 unspecified atom stereocenters. The second-order valence-electron chi connectivity index (χ2n) is 6.40. The van der Waals surface area contributed by atoms with Crippen LogP contribution in [0.15, 0.2) is 12.4 Å². The molecule has 0 aromatic carbocycles. The van der Waals surface area contributed by atoms with Crippen molar-refractivity contribution in [3.8, 4) is 0 Å². The molecule has 1 atom stereocenters. The van der Waals surface area contributed by atoms with Gasteiger partial charge in [0.05, 0.1) is 6.10 Å². The van der Waals surface area contributed by atoms with E-state index in [1.807, 2.05) is 0 Å². The molecule has 2 fully saturated rings. The number of ether oxygens (including phenoxy) is 1. The Morgan fingerprint density at radius 1 is 1.28 bits per heavy atom. The van der Waals surface area contributed by atoms with Crippen LogP contribution < -0.4 is 10.2 Å². The average molecular weight is 358 g/mol. The third kappa shape index (κ3) is 4.59. The highest BCUT2D eigenvalue weighted by molar-refractivity contribution is 5.79. The molecule has 2 aliphatic heterocycles. The van der Waals surface area contributed by atoms with Gasteiger partial charge in [-0.2, -0.15) is 13.2 Å². The smallest absolute Gasteiger partial charge is 0.376 e. The predicted octanol–water partition coefficient (Wildman–Crippen LogP) is 2.01. The van der Waals surface area contributed by atoms with Crippen molar-refractivity contribution in [1.82, 2.24) is 15.3 Å². The molecule has 1 aromatic heterocycles. The Morgan fingerprint density at radius 2 is 2.04 bits per heavy atom. The second-order valence-corrected chi connectivity index (χ2v) is 6.40. The van der Waals surface area contributed by atoms with Gasteiger partial charge in [0.2, 0.25) is 5.91 Å². The zero-order valence-electron chi connectivity index (χ0n) is 13.8. The molecule has 0 aliphatic carbocycles. The average Bonchev–Trinajstić information content (AvgIpc) is 3.13. The first-order chi connectivity index (χ1) is 11.9. The monoisotopic (exact) mass is 358 g/mol. The minimum atomic E-state index is -4.49. The number of hydrogen-bond acceptors (Lipinski definition) is 5. The summed E-state index contributed by atoms with van der Waals surface area (Å²) in [5.41, 5.74) is -0.950. The van der Waals surface area contributed by atoms with E-state index in [2.05, 4.69) is 15.3 Å². The van der Waals surface area contributed by atoms with Gasteiger partial charge in [0.1, 0.15) is 17.8 Å². The normalized spacial score (nSPS) is 22.2. The lowest BCUT2D eigenvalue weighted by atomic mass is 9.96. The molecule has 0 radical (unpaired) electrons. The fourth-order valence-electron chi connectivity index (χ4n) is 3.21. The lowest BCUT2D eigenvalue weighted by molar-refractivity contribution is -0.141. The molecule has 9 heteroatoms.